The Bertz CT molecular complexity index is 1110. The summed E-state index contributed by atoms with van der Waals surface area (Å²) < 4.78 is 32.8. The third-order valence-corrected chi connectivity index (χ3v) is 6.55. The lowest BCUT2D eigenvalue weighted by atomic mass is 9.90. The van der Waals surface area contributed by atoms with Crippen molar-refractivity contribution < 1.29 is 22.7 Å². The lowest BCUT2D eigenvalue weighted by Gasteiger charge is -2.21. The van der Waals surface area contributed by atoms with Crippen molar-refractivity contribution in [2.24, 2.45) is 0 Å². The molecule has 1 atom stereocenters. The van der Waals surface area contributed by atoms with Crippen LogP contribution in [0.25, 0.3) is 0 Å². The lowest BCUT2D eigenvalue weighted by Crippen LogP contribution is -2.35. The van der Waals surface area contributed by atoms with Gasteiger partial charge >= 0.3 is 6.03 Å². The summed E-state index contributed by atoms with van der Waals surface area (Å²) in [5.74, 6) is 0.419. The highest BCUT2D eigenvalue weighted by Crippen LogP contribution is 2.35. The first-order valence-electron chi connectivity index (χ1n) is 10.3. The number of anilines is 1. The molecule has 0 saturated carbocycles. The van der Waals surface area contributed by atoms with Crippen molar-refractivity contribution >= 4 is 21.7 Å². The molecule has 0 bridgehead atoms. The average Bonchev–Trinajstić information content (AvgIpc) is 3.14. The molecule has 3 rings (SSSR count). The predicted octanol–water partition coefficient (Wildman–Crippen LogP) is 4.28. The second-order valence-corrected chi connectivity index (χ2v) is 9.98. The Hall–Kier alpha value is -2.83. The van der Waals surface area contributed by atoms with Gasteiger partial charge in [0.15, 0.2) is 0 Å². The molecule has 1 heterocycles. The predicted molar refractivity (Wildman–Crippen MR) is 115 cm³/mol. The van der Waals surface area contributed by atoms with Gasteiger partial charge in [-0.25, -0.2) is 9.52 Å². The van der Waals surface area contributed by atoms with Crippen LogP contribution in [0.4, 0.5) is 10.5 Å². The fraction of sp³-hybridized carbons (Fsp3) is 0.455. The molecule has 0 radical (unpaired) electrons. The van der Waals surface area contributed by atoms with Crippen molar-refractivity contribution in [1.82, 2.24) is 4.72 Å². The molecule has 8 nitrogen and oxygen atoms in total. The Morgan fingerprint density at radius 2 is 1.81 bits per heavy atom. The number of aliphatic hydroxyl groups is 1. The number of aryl methyl sites for hydroxylation is 1. The van der Waals surface area contributed by atoms with E-state index in [-0.39, 0.29) is 11.8 Å². The van der Waals surface area contributed by atoms with Gasteiger partial charge in [-0.05, 0) is 47.9 Å². The van der Waals surface area contributed by atoms with Crippen LogP contribution >= 0.6 is 0 Å². The van der Waals surface area contributed by atoms with E-state index < -0.39 is 27.3 Å². The molecule has 1 aliphatic rings. The number of nitriles is 1. The number of carbonyl (C=O) groups is 1. The normalized spacial score (nSPS) is 16.1. The minimum absolute atomic E-state index is 0.00371. The lowest BCUT2D eigenvalue weighted by molar-refractivity contribution is 0.152. The largest absolute Gasteiger partial charge is 0.447 e. The number of fused-ring (bicyclic) bond motifs is 1. The number of amides is 2. The Balaban J connectivity index is 1.89. The molecule has 1 aliphatic carbocycles. The van der Waals surface area contributed by atoms with E-state index in [0.717, 1.165) is 11.1 Å². The molecule has 1 aromatic carbocycles. The topological polar surface area (TPSA) is 132 Å². The summed E-state index contributed by atoms with van der Waals surface area (Å²) in [5, 5.41) is 21.6. The van der Waals surface area contributed by atoms with Crippen molar-refractivity contribution in [1.29, 1.82) is 5.26 Å². The number of furan rings is 1. The van der Waals surface area contributed by atoms with Gasteiger partial charge < -0.3 is 14.8 Å². The van der Waals surface area contributed by atoms with E-state index in [0.29, 0.717) is 41.8 Å². The summed E-state index contributed by atoms with van der Waals surface area (Å²) in [4.78, 5) is 12.7. The Labute approximate surface area is 182 Å². The van der Waals surface area contributed by atoms with Crippen LogP contribution in [-0.4, -0.2) is 19.6 Å². The molecule has 0 saturated heterocycles. The van der Waals surface area contributed by atoms with Crippen molar-refractivity contribution in [2.75, 3.05) is 5.32 Å². The molecule has 1 unspecified atom stereocenters. The monoisotopic (exact) mass is 445 g/mol. The maximum absolute atomic E-state index is 12.7. The highest BCUT2D eigenvalue weighted by atomic mass is 32.2. The summed E-state index contributed by atoms with van der Waals surface area (Å²) in [6, 6.07) is 5.87. The van der Waals surface area contributed by atoms with Gasteiger partial charge in [0.25, 0.3) is 10.0 Å². The van der Waals surface area contributed by atoms with Crippen LogP contribution in [0, 0.1) is 11.3 Å². The van der Waals surface area contributed by atoms with Gasteiger partial charge in [-0.15, -0.1) is 0 Å². The minimum atomic E-state index is -4.27. The molecule has 2 amide bonds. The van der Waals surface area contributed by atoms with Crippen LogP contribution in [0.5, 0.6) is 0 Å². The molecule has 166 valence electrons. The zero-order chi connectivity index (χ0) is 22.9. The van der Waals surface area contributed by atoms with Crippen LogP contribution < -0.4 is 10.0 Å². The Kier molecular flexibility index (Phi) is 6.43. The number of hydrogen-bond donors (Lipinski definition) is 3. The number of aliphatic hydroxyl groups excluding tert-OH is 1. The van der Waals surface area contributed by atoms with E-state index in [2.05, 4.69) is 11.4 Å². The molecule has 9 heteroatoms. The molecule has 0 aliphatic heterocycles. The summed E-state index contributed by atoms with van der Waals surface area (Å²) in [6.07, 6.45) is 0.999. The number of hydrogen-bond acceptors (Lipinski definition) is 6. The number of nitrogens with zero attached hydrogens (tertiary/aromatic N) is 1. The van der Waals surface area contributed by atoms with Gasteiger partial charge in [-0.1, -0.05) is 27.7 Å². The number of nitrogens with one attached hydrogen (secondary N) is 2. The SMILES string of the molecule is CC(C)c1cc(C#N)cc(C(C)C)c1NC(=O)NS(=O)(=O)c1cc2c(o1)CCCC2O. The zero-order valence-corrected chi connectivity index (χ0v) is 18.8. The minimum Gasteiger partial charge on any atom is -0.447 e. The number of benzene rings is 1. The first-order chi connectivity index (χ1) is 14.5. The van der Waals surface area contributed by atoms with E-state index in [4.69, 9.17) is 4.42 Å². The molecule has 1 aromatic heterocycles. The van der Waals surface area contributed by atoms with Gasteiger partial charge in [-0.2, -0.15) is 13.7 Å². The molecule has 3 N–H and O–H groups in total. The molecular formula is C22H27N3O5S. The fourth-order valence-corrected chi connectivity index (χ4v) is 4.65. The third kappa shape index (κ3) is 4.75. The van der Waals surface area contributed by atoms with Crippen LogP contribution in [0.2, 0.25) is 0 Å². The van der Waals surface area contributed by atoms with E-state index in [9.17, 15) is 23.6 Å². The van der Waals surface area contributed by atoms with E-state index in [1.165, 1.54) is 6.07 Å². The standard InChI is InChI=1S/C22H27N3O5S/c1-12(2)15-8-14(11-23)9-16(13(3)4)21(15)24-22(27)25-31(28,29)20-10-17-18(26)6-5-7-19(17)30-20/h8-10,12-13,18,26H,5-7H2,1-4H3,(H2,24,25,27). The Morgan fingerprint density at radius 1 is 1.19 bits per heavy atom. The Morgan fingerprint density at radius 3 is 2.32 bits per heavy atom. The summed E-state index contributed by atoms with van der Waals surface area (Å²) in [5.41, 5.74) is 2.90. The number of sulfonamides is 1. The summed E-state index contributed by atoms with van der Waals surface area (Å²) >= 11 is 0. The smallest absolute Gasteiger partial charge is 0.333 e. The van der Waals surface area contributed by atoms with Gasteiger partial charge in [0.2, 0.25) is 5.09 Å². The molecule has 31 heavy (non-hydrogen) atoms. The maximum atomic E-state index is 12.7. The second kappa shape index (κ2) is 8.73. The van der Waals surface area contributed by atoms with Gasteiger partial charge in [0.05, 0.1) is 17.7 Å². The molecule has 2 aromatic rings. The highest BCUT2D eigenvalue weighted by Gasteiger charge is 2.29. The van der Waals surface area contributed by atoms with Crippen molar-refractivity contribution in [3.63, 3.8) is 0 Å². The van der Waals surface area contributed by atoms with Crippen LogP contribution in [0.15, 0.2) is 27.7 Å². The number of urea groups is 1. The summed E-state index contributed by atoms with van der Waals surface area (Å²) in [6.45, 7) is 7.72. The van der Waals surface area contributed by atoms with Crippen molar-refractivity contribution in [2.45, 2.75) is 70.0 Å². The second-order valence-electron chi connectivity index (χ2n) is 8.36. The fourth-order valence-electron chi connectivity index (χ4n) is 3.76. The maximum Gasteiger partial charge on any atom is 0.333 e. The number of carbonyl (C=O) groups excluding carboxylic acids is 1. The first-order valence-corrected chi connectivity index (χ1v) is 11.7. The summed E-state index contributed by atoms with van der Waals surface area (Å²) in [7, 11) is -4.27. The third-order valence-electron chi connectivity index (χ3n) is 5.36. The van der Waals surface area contributed by atoms with Crippen molar-refractivity contribution in [3.05, 3.63) is 46.2 Å². The zero-order valence-electron chi connectivity index (χ0n) is 18.0. The van der Waals surface area contributed by atoms with E-state index in [1.807, 2.05) is 32.4 Å². The van der Waals surface area contributed by atoms with Gasteiger partial charge in [-0.3, -0.25) is 0 Å². The van der Waals surface area contributed by atoms with Gasteiger partial charge in [0, 0.05) is 23.7 Å². The molecule has 0 fully saturated rings. The van der Waals surface area contributed by atoms with Crippen LogP contribution in [0.3, 0.4) is 0 Å². The van der Waals surface area contributed by atoms with Crippen molar-refractivity contribution in [3.8, 4) is 6.07 Å². The molecule has 0 spiro atoms. The average molecular weight is 446 g/mol. The van der Waals surface area contributed by atoms with E-state index >= 15 is 0 Å². The first kappa shape index (κ1) is 22.8. The van der Waals surface area contributed by atoms with Gasteiger partial charge in [0.1, 0.15) is 5.76 Å². The van der Waals surface area contributed by atoms with E-state index in [1.54, 1.807) is 12.1 Å². The van der Waals surface area contributed by atoms with Crippen LogP contribution in [0.1, 0.15) is 86.5 Å². The van der Waals surface area contributed by atoms with Crippen LogP contribution in [-0.2, 0) is 16.4 Å². The highest BCUT2D eigenvalue weighted by molar-refractivity contribution is 7.89. The number of rotatable bonds is 5. The molecular weight excluding hydrogens is 418 g/mol. The quantitative estimate of drug-likeness (QED) is 0.629.